The van der Waals surface area contributed by atoms with Gasteiger partial charge in [0, 0.05) is 0 Å². The van der Waals surface area contributed by atoms with Crippen molar-refractivity contribution in [2.45, 2.75) is 12.5 Å². The maximum Gasteiger partial charge on any atom is 0.349 e. The fourth-order valence-corrected chi connectivity index (χ4v) is 0.534. The number of carbonyl (C=O) groups excluding carboxylic acids is 1. The maximum atomic E-state index is 10.6. The second-order valence-corrected chi connectivity index (χ2v) is 1.99. The quantitative estimate of drug-likeness (QED) is 0.203. The van der Waals surface area contributed by atoms with Gasteiger partial charge in [0.05, 0.1) is 13.5 Å². The Kier molecular flexibility index (Phi) is 4.82. The fourth-order valence-electron chi connectivity index (χ4n) is 0.534. The first kappa shape index (κ1) is 11.1. The molecule has 0 rings (SSSR count). The molecule has 0 heterocycles. The van der Waals surface area contributed by atoms with E-state index in [1.807, 2.05) is 5.43 Å². The van der Waals surface area contributed by atoms with E-state index < -0.39 is 24.4 Å². The molecule has 1 atom stereocenters. The van der Waals surface area contributed by atoms with E-state index in [4.69, 9.17) is 10.6 Å². The summed E-state index contributed by atoms with van der Waals surface area (Å²) in [4.78, 5) is 23.3. The summed E-state index contributed by atoms with van der Waals surface area (Å²) in [7, 11) is 1.13. The number of hydrogen-bond donors (Lipinski definition) is 2. The van der Waals surface area contributed by atoms with Gasteiger partial charge in [-0.1, -0.05) is 0 Å². The summed E-state index contributed by atoms with van der Waals surface area (Å²) in [5, 5.41) is 11.3. The number of nitrogens with zero attached hydrogens (tertiary/aromatic N) is 3. The number of aliphatic carboxylic acids is 1. The van der Waals surface area contributed by atoms with Crippen LogP contribution in [-0.4, -0.2) is 30.2 Å². The van der Waals surface area contributed by atoms with Gasteiger partial charge in [-0.25, -0.2) is 10.2 Å². The van der Waals surface area contributed by atoms with E-state index in [9.17, 15) is 9.59 Å². The van der Waals surface area contributed by atoms with Crippen molar-refractivity contribution in [2.75, 3.05) is 7.11 Å². The zero-order valence-corrected chi connectivity index (χ0v) is 6.80. The molecule has 72 valence electrons. The minimum absolute atomic E-state index is 0.398. The standard InChI is InChI=1S/C5H8N4O4/c1-13-4(10)2-3(5(11)12)7-9-8-6/h3,7H,2H2,1H3,(H,11,12)/t3-/m0/s1. The number of carboxylic acid groups (broad SMARTS) is 1. The van der Waals surface area contributed by atoms with Crippen LogP contribution < -0.4 is 5.43 Å². The molecule has 0 radical (unpaired) electrons. The van der Waals surface area contributed by atoms with Crippen molar-refractivity contribution < 1.29 is 19.4 Å². The molecule has 0 spiro atoms. The van der Waals surface area contributed by atoms with Gasteiger partial charge in [-0.2, -0.15) is 4.91 Å². The first-order valence-corrected chi connectivity index (χ1v) is 3.21. The van der Waals surface area contributed by atoms with Crippen LogP contribution in [0.2, 0.25) is 0 Å². The van der Waals surface area contributed by atoms with Crippen LogP contribution in [0.5, 0.6) is 0 Å². The first-order valence-electron chi connectivity index (χ1n) is 3.21. The highest BCUT2D eigenvalue weighted by molar-refractivity contribution is 5.81. The smallest absolute Gasteiger partial charge is 0.349 e. The average molecular weight is 188 g/mol. The molecule has 0 aliphatic carbocycles. The average Bonchev–Trinajstić information content (AvgIpc) is 2.11. The summed E-state index contributed by atoms with van der Waals surface area (Å²) in [6.45, 7) is 0. The second kappa shape index (κ2) is 5.67. The normalized spacial score (nSPS) is 10.8. The summed E-state index contributed by atoms with van der Waals surface area (Å²) in [6.07, 6.45) is -0.398. The number of hydrogen-bond acceptors (Lipinski definition) is 4. The summed E-state index contributed by atoms with van der Waals surface area (Å²) >= 11 is 0. The third-order valence-electron chi connectivity index (χ3n) is 1.15. The van der Waals surface area contributed by atoms with E-state index in [0.717, 1.165) is 7.11 Å². The van der Waals surface area contributed by atoms with Crippen molar-refractivity contribution in [3.05, 3.63) is 10.4 Å². The number of ether oxygens (including phenoxy) is 1. The predicted octanol–water partition coefficient (Wildman–Crippen LogP) is -0.182. The van der Waals surface area contributed by atoms with Crippen LogP contribution in [0.15, 0.2) is 5.22 Å². The van der Waals surface area contributed by atoms with Crippen molar-refractivity contribution >= 4 is 11.9 Å². The third kappa shape index (κ3) is 4.49. The van der Waals surface area contributed by atoms with Gasteiger partial charge < -0.3 is 9.84 Å². The third-order valence-corrected chi connectivity index (χ3v) is 1.15. The van der Waals surface area contributed by atoms with Gasteiger partial charge in [-0.3, -0.25) is 4.79 Å². The van der Waals surface area contributed by atoms with E-state index in [2.05, 4.69) is 14.9 Å². The number of carbonyl (C=O) groups is 2. The fraction of sp³-hybridized carbons (Fsp3) is 0.600. The Labute approximate surface area is 73.1 Å². The van der Waals surface area contributed by atoms with Gasteiger partial charge in [0.1, 0.15) is 0 Å². The van der Waals surface area contributed by atoms with Gasteiger partial charge in [-0.15, -0.1) is 5.53 Å². The molecule has 13 heavy (non-hydrogen) atoms. The highest BCUT2D eigenvalue weighted by Gasteiger charge is 2.23. The van der Waals surface area contributed by atoms with Crippen LogP contribution in [0.1, 0.15) is 6.42 Å². The Balaban J connectivity index is 4.17. The van der Waals surface area contributed by atoms with Gasteiger partial charge in [0.25, 0.3) is 0 Å². The second-order valence-electron chi connectivity index (χ2n) is 1.99. The molecule has 0 fully saturated rings. The van der Waals surface area contributed by atoms with E-state index >= 15 is 0 Å². The number of rotatable bonds is 5. The van der Waals surface area contributed by atoms with Crippen LogP contribution in [-0.2, 0) is 14.3 Å². The number of methoxy groups -OCH3 is 1. The van der Waals surface area contributed by atoms with Crippen molar-refractivity contribution in [1.82, 2.24) is 5.43 Å². The molecule has 0 aromatic rings. The lowest BCUT2D eigenvalue weighted by Crippen LogP contribution is -2.35. The topological polar surface area (TPSA) is 124 Å². The minimum atomic E-state index is -1.29. The molecule has 0 aromatic heterocycles. The molecular weight excluding hydrogens is 180 g/mol. The number of esters is 1. The van der Waals surface area contributed by atoms with Crippen LogP contribution in [0, 0.1) is 0 Å². The van der Waals surface area contributed by atoms with E-state index in [1.54, 1.807) is 0 Å². The van der Waals surface area contributed by atoms with E-state index in [1.165, 1.54) is 0 Å². The highest BCUT2D eigenvalue weighted by Crippen LogP contribution is 1.94. The molecule has 0 saturated carbocycles. The summed E-state index contributed by atoms with van der Waals surface area (Å²) in [5.41, 5.74) is 9.82. The summed E-state index contributed by atoms with van der Waals surface area (Å²) < 4.78 is 4.23. The van der Waals surface area contributed by atoms with Crippen LogP contribution in [0.25, 0.3) is 10.4 Å². The van der Waals surface area contributed by atoms with Crippen LogP contribution >= 0.6 is 0 Å². The van der Waals surface area contributed by atoms with E-state index in [0.29, 0.717) is 0 Å². The molecule has 2 N–H and O–H groups in total. The summed E-state index contributed by atoms with van der Waals surface area (Å²) in [6, 6.07) is -1.26. The molecule has 0 aromatic carbocycles. The molecule has 0 amide bonds. The van der Waals surface area contributed by atoms with Gasteiger partial charge >= 0.3 is 11.9 Å². The number of carboxylic acids is 1. The monoisotopic (exact) mass is 188 g/mol. The molecular formula is C5H8N4O4. The van der Waals surface area contributed by atoms with E-state index in [-0.39, 0.29) is 0 Å². The maximum absolute atomic E-state index is 10.6. The van der Waals surface area contributed by atoms with Crippen molar-refractivity contribution in [3.63, 3.8) is 0 Å². The lowest BCUT2D eigenvalue weighted by molar-refractivity contribution is -0.147. The van der Waals surface area contributed by atoms with Gasteiger partial charge in [-0.05, 0) is 5.22 Å². The molecule has 8 heteroatoms. The van der Waals surface area contributed by atoms with Crippen molar-refractivity contribution in [2.24, 2.45) is 5.22 Å². The lowest BCUT2D eigenvalue weighted by atomic mass is 10.2. The molecule has 0 bridgehead atoms. The molecule has 0 saturated heterocycles. The minimum Gasteiger partial charge on any atom is -0.478 e. The number of azide groups is 1. The summed E-state index contributed by atoms with van der Waals surface area (Å²) in [5.74, 6) is -1.99. The molecule has 8 nitrogen and oxygen atoms in total. The van der Waals surface area contributed by atoms with Gasteiger partial charge in [0.15, 0.2) is 0 Å². The van der Waals surface area contributed by atoms with Crippen molar-refractivity contribution in [3.8, 4) is 0 Å². The Hall–Kier alpha value is -1.95. The van der Waals surface area contributed by atoms with Crippen LogP contribution in [0.3, 0.4) is 0 Å². The SMILES string of the molecule is COC(=O)C[C@H](NN=[N+]=[N-])C(=O)O. The number of nitrogens with one attached hydrogen (secondary N) is 1. The largest absolute Gasteiger partial charge is 0.478 e. The zero-order chi connectivity index (χ0) is 10.3. The molecule has 0 aliphatic rings. The Morgan fingerprint density at radius 1 is 1.77 bits per heavy atom. The van der Waals surface area contributed by atoms with Gasteiger partial charge in [0.2, 0.25) is 6.04 Å². The zero-order valence-electron chi connectivity index (χ0n) is 6.80. The Morgan fingerprint density at radius 2 is 2.38 bits per heavy atom. The Morgan fingerprint density at radius 3 is 2.77 bits per heavy atom. The predicted molar refractivity (Wildman–Crippen MR) is 40.3 cm³/mol. The highest BCUT2D eigenvalue weighted by atomic mass is 16.5. The Bertz CT molecular complexity index is 247. The first-order chi connectivity index (χ1) is 6.11. The molecule has 0 aliphatic heterocycles. The van der Waals surface area contributed by atoms with Crippen molar-refractivity contribution in [1.29, 1.82) is 0 Å². The van der Waals surface area contributed by atoms with Crippen LogP contribution in [0.4, 0.5) is 0 Å². The lowest BCUT2D eigenvalue weighted by Gasteiger charge is -2.05. The molecule has 0 unspecified atom stereocenters.